The van der Waals surface area contributed by atoms with Gasteiger partial charge >= 0.3 is 6.03 Å². The Bertz CT molecular complexity index is 553. The fraction of sp³-hybridized carbons (Fsp3) is 0.824. The molecule has 3 amide bonds. The van der Waals surface area contributed by atoms with Crippen LogP contribution in [0.3, 0.4) is 0 Å². The van der Waals surface area contributed by atoms with Crippen molar-refractivity contribution in [2.45, 2.75) is 44.2 Å². The van der Waals surface area contributed by atoms with Gasteiger partial charge in [-0.2, -0.15) is 0 Å². The summed E-state index contributed by atoms with van der Waals surface area (Å²) in [6, 6.07) is 0.389. The van der Waals surface area contributed by atoms with E-state index in [0.29, 0.717) is 0 Å². The van der Waals surface area contributed by atoms with Gasteiger partial charge in [0, 0.05) is 39.3 Å². The summed E-state index contributed by atoms with van der Waals surface area (Å²) in [5.74, 6) is 0.864. The minimum atomic E-state index is -0.785. The molecule has 3 N–H and O–H groups in total. The predicted molar refractivity (Wildman–Crippen MR) is 96.4 cm³/mol. The number of carbonyl (C=O) groups is 2. The Kier molecular flexibility index (Phi) is 5.17. The van der Waals surface area contributed by atoms with Crippen LogP contribution in [0.5, 0.6) is 0 Å². The summed E-state index contributed by atoms with van der Waals surface area (Å²) in [4.78, 5) is 32.6. The Balaban J connectivity index is 1.47. The molecule has 1 atom stereocenters. The van der Waals surface area contributed by atoms with E-state index >= 15 is 0 Å². The molecule has 1 saturated carbocycles. The summed E-state index contributed by atoms with van der Waals surface area (Å²) in [5, 5.41) is 8.61. The highest BCUT2D eigenvalue weighted by Gasteiger charge is 2.48. The second kappa shape index (κ2) is 7.19. The molecule has 8 nitrogen and oxygen atoms in total. The van der Waals surface area contributed by atoms with Crippen LogP contribution in [-0.2, 0) is 4.79 Å². The van der Waals surface area contributed by atoms with Crippen molar-refractivity contribution in [1.29, 1.82) is 0 Å². The van der Waals surface area contributed by atoms with E-state index in [2.05, 4.69) is 37.8 Å². The molecule has 3 fully saturated rings. The van der Waals surface area contributed by atoms with Crippen LogP contribution in [0, 0.1) is 5.92 Å². The average molecular weight is 350 g/mol. The fourth-order valence-corrected chi connectivity index (χ4v) is 3.89. The van der Waals surface area contributed by atoms with Crippen LogP contribution < -0.4 is 16.0 Å². The number of guanidine groups is 1. The second-order valence-electron chi connectivity index (χ2n) is 7.56. The van der Waals surface area contributed by atoms with Crippen LogP contribution in [0.1, 0.15) is 32.6 Å². The monoisotopic (exact) mass is 350 g/mol. The van der Waals surface area contributed by atoms with E-state index in [9.17, 15) is 9.59 Å². The molecule has 140 valence electrons. The number of hydrogen-bond acceptors (Lipinski definition) is 4. The Labute approximate surface area is 149 Å². The Morgan fingerprint density at radius 3 is 2.52 bits per heavy atom. The molecule has 0 aromatic rings. The van der Waals surface area contributed by atoms with E-state index in [1.54, 1.807) is 0 Å². The maximum atomic E-state index is 12.1. The molecule has 3 aliphatic rings. The number of nitrogens with zero attached hydrogens (tertiary/aromatic N) is 3. The molecule has 0 aromatic heterocycles. The number of likely N-dealkylation sites (N-methyl/N-ethyl adjacent to an activating group) is 1. The summed E-state index contributed by atoms with van der Waals surface area (Å²) in [6.07, 6.45) is 4.35. The first-order valence-corrected chi connectivity index (χ1v) is 9.23. The lowest BCUT2D eigenvalue weighted by Gasteiger charge is -2.39. The van der Waals surface area contributed by atoms with Crippen molar-refractivity contribution >= 4 is 17.9 Å². The van der Waals surface area contributed by atoms with Crippen molar-refractivity contribution in [3.05, 3.63) is 0 Å². The van der Waals surface area contributed by atoms with Gasteiger partial charge in [0.15, 0.2) is 5.96 Å². The lowest BCUT2D eigenvalue weighted by atomic mass is 9.79. The number of piperidine rings is 1. The summed E-state index contributed by atoms with van der Waals surface area (Å²) in [7, 11) is 3.99. The standard InChI is InChI=1S/C17H30N6O2/c1-17(14(24)20-16(25)21-17)12-6-9-23(10-7-12)15(18-2)19-8-11-22(3)13-4-5-13/h12-13H,4-11H2,1-3H3,(H,18,19)(H2,20,21,24,25). The van der Waals surface area contributed by atoms with E-state index in [-0.39, 0.29) is 17.9 Å². The minimum Gasteiger partial charge on any atom is -0.355 e. The van der Waals surface area contributed by atoms with Crippen LogP contribution >= 0.6 is 0 Å². The number of urea groups is 1. The number of nitrogens with one attached hydrogen (secondary N) is 3. The van der Waals surface area contributed by atoms with Crippen molar-refractivity contribution in [2.24, 2.45) is 10.9 Å². The number of hydrogen-bond donors (Lipinski definition) is 3. The molecule has 2 heterocycles. The third kappa shape index (κ3) is 3.89. The number of rotatable bonds is 5. The number of imide groups is 1. The van der Waals surface area contributed by atoms with Crippen molar-refractivity contribution < 1.29 is 9.59 Å². The zero-order valence-corrected chi connectivity index (χ0v) is 15.5. The van der Waals surface area contributed by atoms with Crippen LogP contribution in [0.2, 0.25) is 0 Å². The Hall–Kier alpha value is -1.83. The Morgan fingerprint density at radius 2 is 2.00 bits per heavy atom. The van der Waals surface area contributed by atoms with Gasteiger partial charge in [-0.1, -0.05) is 0 Å². The van der Waals surface area contributed by atoms with Gasteiger partial charge in [-0.05, 0) is 45.6 Å². The quantitative estimate of drug-likeness (QED) is 0.368. The summed E-state index contributed by atoms with van der Waals surface area (Å²) < 4.78 is 0. The van der Waals surface area contributed by atoms with Gasteiger partial charge in [0.1, 0.15) is 5.54 Å². The first-order valence-electron chi connectivity index (χ1n) is 9.23. The van der Waals surface area contributed by atoms with Crippen LogP contribution in [0.4, 0.5) is 4.79 Å². The van der Waals surface area contributed by atoms with Crippen molar-refractivity contribution in [1.82, 2.24) is 25.8 Å². The number of likely N-dealkylation sites (tertiary alicyclic amines) is 1. The lowest BCUT2D eigenvalue weighted by molar-refractivity contribution is -0.125. The molecule has 2 aliphatic heterocycles. The molecule has 0 spiro atoms. The van der Waals surface area contributed by atoms with E-state index < -0.39 is 5.54 Å². The van der Waals surface area contributed by atoms with E-state index in [1.165, 1.54) is 12.8 Å². The van der Waals surface area contributed by atoms with Gasteiger partial charge in [-0.25, -0.2) is 4.79 Å². The Morgan fingerprint density at radius 1 is 1.32 bits per heavy atom. The smallest absolute Gasteiger partial charge is 0.322 e. The van der Waals surface area contributed by atoms with Crippen LogP contribution in [-0.4, -0.2) is 79.6 Å². The molecule has 3 rings (SSSR count). The van der Waals surface area contributed by atoms with Gasteiger partial charge < -0.3 is 20.4 Å². The molecular weight excluding hydrogens is 320 g/mol. The maximum absolute atomic E-state index is 12.1. The number of amides is 3. The van der Waals surface area contributed by atoms with E-state index in [0.717, 1.165) is 51.0 Å². The first kappa shape index (κ1) is 18.0. The summed E-state index contributed by atoms with van der Waals surface area (Å²) in [6.45, 7) is 5.40. The van der Waals surface area contributed by atoms with Crippen LogP contribution in [0.15, 0.2) is 4.99 Å². The molecule has 0 aromatic carbocycles. The molecule has 25 heavy (non-hydrogen) atoms. The summed E-state index contributed by atoms with van der Waals surface area (Å²) in [5.41, 5.74) is -0.785. The highest BCUT2D eigenvalue weighted by atomic mass is 16.2. The van der Waals surface area contributed by atoms with Gasteiger partial charge in [0.2, 0.25) is 0 Å². The van der Waals surface area contributed by atoms with E-state index in [1.807, 2.05) is 14.0 Å². The van der Waals surface area contributed by atoms with Gasteiger partial charge in [-0.15, -0.1) is 0 Å². The van der Waals surface area contributed by atoms with Gasteiger partial charge in [-0.3, -0.25) is 15.1 Å². The predicted octanol–water partition coefficient (Wildman–Crippen LogP) is -0.0339. The highest BCUT2D eigenvalue weighted by molar-refractivity contribution is 6.07. The van der Waals surface area contributed by atoms with Crippen molar-refractivity contribution in [2.75, 3.05) is 40.3 Å². The normalized spacial score (nSPS) is 28.3. The molecule has 1 aliphatic carbocycles. The van der Waals surface area contributed by atoms with E-state index in [4.69, 9.17) is 0 Å². The lowest BCUT2D eigenvalue weighted by Crippen LogP contribution is -2.55. The largest absolute Gasteiger partial charge is 0.355 e. The first-order chi connectivity index (χ1) is 11.9. The minimum absolute atomic E-state index is 0.148. The SMILES string of the molecule is CN=C(NCCN(C)C1CC1)N1CCC(C2(C)NC(=O)NC2=O)CC1. The second-order valence-corrected chi connectivity index (χ2v) is 7.56. The molecule has 1 unspecified atom stereocenters. The maximum Gasteiger partial charge on any atom is 0.322 e. The molecule has 8 heteroatoms. The van der Waals surface area contributed by atoms with Crippen molar-refractivity contribution in [3.63, 3.8) is 0 Å². The average Bonchev–Trinajstić information content (AvgIpc) is 3.39. The summed E-state index contributed by atoms with van der Waals surface area (Å²) >= 11 is 0. The zero-order valence-electron chi connectivity index (χ0n) is 15.5. The third-order valence-electron chi connectivity index (χ3n) is 5.81. The number of aliphatic imine (C=N–C) groups is 1. The van der Waals surface area contributed by atoms with Crippen LogP contribution in [0.25, 0.3) is 0 Å². The molecule has 2 saturated heterocycles. The van der Waals surface area contributed by atoms with Crippen molar-refractivity contribution in [3.8, 4) is 0 Å². The third-order valence-corrected chi connectivity index (χ3v) is 5.81. The molecular formula is C17H30N6O2. The van der Waals surface area contributed by atoms with Gasteiger partial charge in [0.05, 0.1) is 0 Å². The fourth-order valence-electron chi connectivity index (χ4n) is 3.89. The van der Waals surface area contributed by atoms with Gasteiger partial charge in [0.25, 0.3) is 5.91 Å². The topological polar surface area (TPSA) is 89.1 Å². The highest BCUT2D eigenvalue weighted by Crippen LogP contribution is 2.30. The zero-order chi connectivity index (χ0) is 18.0. The number of carbonyl (C=O) groups excluding carboxylic acids is 2. The molecule has 0 radical (unpaired) electrons. The molecule has 0 bridgehead atoms.